The molecule has 2 rings (SSSR count). The molecule has 0 fully saturated rings. The van der Waals surface area contributed by atoms with Crippen molar-refractivity contribution in [3.05, 3.63) is 17.7 Å². The number of aromatic hydroxyl groups is 2. The first-order valence-corrected chi connectivity index (χ1v) is 4.38. The molecule has 4 nitrogen and oxygen atoms in total. The van der Waals surface area contributed by atoms with E-state index < -0.39 is 0 Å². The van der Waals surface area contributed by atoms with E-state index >= 15 is 0 Å². The van der Waals surface area contributed by atoms with Crippen molar-refractivity contribution in [1.82, 2.24) is 0 Å². The maximum absolute atomic E-state index is 9.28. The van der Waals surface area contributed by atoms with Crippen LogP contribution in [0.2, 0.25) is 0 Å². The first-order valence-electron chi connectivity index (χ1n) is 4.38. The van der Waals surface area contributed by atoms with E-state index in [0.29, 0.717) is 6.04 Å². The highest BCUT2D eigenvalue weighted by Crippen LogP contribution is 2.30. The number of fused-ring (bicyclic) bond motifs is 1. The van der Waals surface area contributed by atoms with Gasteiger partial charge in [-0.15, -0.1) is 0 Å². The molecule has 7 N–H and O–H groups in total. The van der Waals surface area contributed by atoms with Gasteiger partial charge in [0.15, 0.2) is 11.5 Å². The maximum atomic E-state index is 9.28. The predicted molar refractivity (Wildman–Crippen MR) is 46.6 cm³/mol. The Morgan fingerprint density at radius 1 is 1.20 bits per heavy atom. The number of quaternary nitrogens is 2. The van der Waals surface area contributed by atoms with Gasteiger partial charge in [-0.1, -0.05) is 0 Å². The molecule has 0 radical (unpaired) electrons. The monoisotopic (exact) mass is 340 g/mol. The van der Waals surface area contributed by atoms with E-state index in [-0.39, 0.29) is 45.5 Å². The van der Waals surface area contributed by atoms with Crippen molar-refractivity contribution in [2.75, 3.05) is 6.54 Å². The van der Waals surface area contributed by atoms with Crippen LogP contribution in [-0.4, -0.2) is 22.8 Å². The van der Waals surface area contributed by atoms with Crippen molar-refractivity contribution >= 4 is 5.69 Å². The highest BCUT2D eigenvalue weighted by Gasteiger charge is 2.22. The summed E-state index contributed by atoms with van der Waals surface area (Å²) in [6.07, 6.45) is 0.875. The van der Waals surface area contributed by atoms with Gasteiger partial charge in [-0.05, 0) is 6.07 Å². The van der Waals surface area contributed by atoms with Crippen molar-refractivity contribution in [3.63, 3.8) is 0 Å². The molecule has 0 bridgehead atoms. The molecule has 1 heterocycles. The van der Waals surface area contributed by atoms with Crippen LogP contribution in [0.3, 0.4) is 0 Å². The molecule has 1 aromatic rings. The molecule has 1 aliphatic rings. The number of benzene rings is 1. The van der Waals surface area contributed by atoms with Gasteiger partial charge in [-0.3, -0.25) is 0 Å². The number of halogens is 2. The Balaban J connectivity index is 0.000000980. The average molecular weight is 342 g/mol. The molecular formula is C9H14Br2N2O2. The van der Waals surface area contributed by atoms with Crippen LogP contribution < -0.4 is 45.0 Å². The van der Waals surface area contributed by atoms with E-state index in [4.69, 9.17) is 0 Å². The Labute approximate surface area is 109 Å². The lowest BCUT2D eigenvalue weighted by Crippen LogP contribution is -3.00. The van der Waals surface area contributed by atoms with Gasteiger partial charge in [-0.25, -0.2) is 0 Å². The van der Waals surface area contributed by atoms with E-state index in [2.05, 4.69) is 11.1 Å². The summed E-state index contributed by atoms with van der Waals surface area (Å²) in [6.45, 7) is 0.942. The Morgan fingerprint density at radius 2 is 1.80 bits per heavy atom. The Morgan fingerprint density at radius 3 is 2.47 bits per heavy atom. The van der Waals surface area contributed by atoms with Gasteiger partial charge in [0.05, 0.1) is 0 Å². The van der Waals surface area contributed by atoms with Crippen LogP contribution in [-0.2, 0) is 6.42 Å². The molecular weight excluding hydrogens is 328 g/mol. The van der Waals surface area contributed by atoms with Gasteiger partial charge >= 0.3 is 0 Å². The Hall–Kier alpha value is -0.300. The topological polar surface area (TPSA) is 84.7 Å². The summed E-state index contributed by atoms with van der Waals surface area (Å²) in [5.74, 6) is -0.0845. The summed E-state index contributed by atoms with van der Waals surface area (Å²) in [7, 11) is 0. The molecule has 6 heteroatoms. The normalized spacial score (nSPS) is 18.3. The lowest BCUT2D eigenvalue weighted by Gasteiger charge is -2.17. The van der Waals surface area contributed by atoms with E-state index in [0.717, 1.165) is 24.2 Å². The number of phenolic OH excluding ortho intramolecular Hbond substituents is 2. The first kappa shape index (κ1) is 14.7. The molecule has 1 aliphatic heterocycles. The molecule has 86 valence electrons. The van der Waals surface area contributed by atoms with Crippen LogP contribution in [0.5, 0.6) is 11.5 Å². The van der Waals surface area contributed by atoms with Crippen LogP contribution in [0, 0.1) is 0 Å². The third-order valence-corrected chi connectivity index (χ3v) is 2.42. The molecule has 1 atom stereocenters. The second-order valence-corrected chi connectivity index (χ2v) is 3.55. The molecule has 0 saturated carbocycles. The van der Waals surface area contributed by atoms with Gasteiger partial charge in [-0.2, -0.15) is 0 Å². The second-order valence-electron chi connectivity index (χ2n) is 3.55. The summed E-state index contributed by atoms with van der Waals surface area (Å²) < 4.78 is 0. The molecule has 0 amide bonds. The van der Waals surface area contributed by atoms with E-state index in [9.17, 15) is 10.2 Å². The van der Waals surface area contributed by atoms with Gasteiger partial charge in [0.1, 0.15) is 18.3 Å². The molecule has 15 heavy (non-hydrogen) atoms. The Kier molecular flexibility index (Phi) is 5.58. The number of phenols is 2. The van der Waals surface area contributed by atoms with Crippen LogP contribution in [0.15, 0.2) is 12.1 Å². The average Bonchev–Trinajstić information content (AvgIpc) is 2.08. The third-order valence-electron chi connectivity index (χ3n) is 2.42. The highest BCUT2D eigenvalue weighted by molar-refractivity contribution is 5.53. The third kappa shape index (κ3) is 3.07. The Bertz CT molecular complexity index is 347. The van der Waals surface area contributed by atoms with Gasteiger partial charge in [0.2, 0.25) is 0 Å². The van der Waals surface area contributed by atoms with Crippen LogP contribution in [0.4, 0.5) is 5.69 Å². The standard InChI is InChI=1S/C9H12N2O2.2BrH/c10-6-1-5-2-8(12)9(13)3-7(5)11-4-6;;/h2-3,6,11-13H,1,4,10H2;2*1H/t6-;;/m1../s1. The van der Waals surface area contributed by atoms with Crippen LogP contribution in [0.1, 0.15) is 5.56 Å². The lowest BCUT2D eigenvalue weighted by molar-refractivity contribution is -0.618. The molecule has 1 aromatic carbocycles. The van der Waals surface area contributed by atoms with Crippen LogP contribution in [0.25, 0.3) is 0 Å². The fourth-order valence-corrected chi connectivity index (χ4v) is 1.69. The SMILES string of the molecule is [Br-].[Br-].[NH3+][C@H]1C[NH2+]c2cc(O)c(O)cc2C1. The number of hydrogen-bond acceptors (Lipinski definition) is 2. The highest BCUT2D eigenvalue weighted by atomic mass is 79.9. The summed E-state index contributed by atoms with van der Waals surface area (Å²) in [6, 6.07) is 3.62. The fourth-order valence-electron chi connectivity index (χ4n) is 1.69. The van der Waals surface area contributed by atoms with Crippen molar-refractivity contribution in [3.8, 4) is 11.5 Å². The summed E-state index contributed by atoms with van der Waals surface area (Å²) in [5.41, 5.74) is 6.07. The molecule has 0 aromatic heterocycles. The van der Waals surface area contributed by atoms with Crippen molar-refractivity contribution in [2.24, 2.45) is 0 Å². The maximum Gasteiger partial charge on any atom is 0.163 e. The summed E-state index contributed by atoms with van der Waals surface area (Å²) in [4.78, 5) is 0. The number of nitrogens with two attached hydrogens (primary N) is 1. The van der Waals surface area contributed by atoms with Crippen molar-refractivity contribution in [1.29, 1.82) is 0 Å². The van der Waals surface area contributed by atoms with Gasteiger partial charge in [0.25, 0.3) is 0 Å². The van der Waals surface area contributed by atoms with Crippen LogP contribution >= 0.6 is 0 Å². The first-order chi connectivity index (χ1) is 6.16. The lowest BCUT2D eigenvalue weighted by atomic mass is 10.00. The number of hydrogen-bond donors (Lipinski definition) is 4. The zero-order valence-electron chi connectivity index (χ0n) is 8.08. The minimum Gasteiger partial charge on any atom is -1.00 e. The summed E-state index contributed by atoms with van der Waals surface area (Å²) in [5, 5.41) is 20.6. The minimum absolute atomic E-state index is 0. The smallest absolute Gasteiger partial charge is 0.163 e. The summed E-state index contributed by atoms with van der Waals surface area (Å²) >= 11 is 0. The molecule has 0 saturated heterocycles. The van der Waals surface area contributed by atoms with E-state index in [1.165, 1.54) is 0 Å². The molecule has 0 aliphatic carbocycles. The predicted octanol–water partition coefficient (Wildman–Crippen LogP) is -7.53. The minimum atomic E-state index is -0.0440. The second kappa shape index (κ2) is 5.69. The quantitative estimate of drug-likeness (QED) is 0.215. The van der Waals surface area contributed by atoms with Gasteiger partial charge < -0.3 is 55.2 Å². The zero-order chi connectivity index (χ0) is 9.42. The van der Waals surface area contributed by atoms with E-state index in [1.54, 1.807) is 12.1 Å². The van der Waals surface area contributed by atoms with E-state index in [1.807, 2.05) is 0 Å². The molecule has 0 unspecified atom stereocenters. The number of rotatable bonds is 0. The largest absolute Gasteiger partial charge is 1.00 e. The van der Waals surface area contributed by atoms with Gasteiger partial charge in [0, 0.05) is 18.1 Å². The zero-order valence-corrected chi connectivity index (χ0v) is 11.3. The molecule has 0 spiro atoms. The van der Waals surface area contributed by atoms with Crippen molar-refractivity contribution in [2.45, 2.75) is 12.5 Å². The van der Waals surface area contributed by atoms with Crippen molar-refractivity contribution < 1.29 is 55.2 Å². The fraction of sp³-hybridized carbons (Fsp3) is 0.333.